The number of halogens is 1. The van der Waals surface area contributed by atoms with E-state index in [1.807, 2.05) is 48.5 Å². The average molecular weight is 569 g/mol. The van der Waals surface area contributed by atoms with Crippen LogP contribution in [-0.2, 0) is 17.8 Å². The Balaban J connectivity index is 1.28. The van der Waals surface area contributed by atoms with E-state index in [1.165, 1.54) is 17.3 Å². The predicted molar refractivity (Wildman–Crippen MR) is 145 cm³/mol. The highest BCUT2D eigenvalue weighted by atomic mass is 79.9. The fraction of sp³-hybridized carbons (Fsp3) is 0.222. The normalized spacial score (nSPS) is 17.2. The monoisotopic (exact) mass is 568 g/mol. The number of carbonyl (C=O) groups is 1. The van der Waals surface area contributed by atoms with E-state index in [1.54, 1.807) is 7.11 Å². The van der Waals surface area contributed by atoms with Crippen molar-refractivity contribution in [3.8, 4) is 23.0 Å². The van der Waals surface area contributed by atoms with E-state index < -0.39 is 0 Å². The molecule has 9 heteroatoms. The molecule has 2 aliphatic rings. The van der Waals surface area contributed by atoms with E-state index >= 15 is 0 Å². The van der Waals surface area contributed by atoms with Crippen LogP contribution in [0, 0.1) is 0 Å². The zero-order chi connectivity index (χ0) is 25.1. The maximum Gasteiger partial charge on any atom is 0.260 e. The van der Waals surface area contributed by atoms with Gasteiger partial charge in [0.15, 0.2) is 28.5 Å². The van der Waals surface area contributed by atoms with Gasteiger partial charge in [-0.25, -0.2) is 0 Å². The zero-order valence-corrected chi connectivity index (χ0v) is 22.2. The van der Waals surface area contributed by atoms with E-state index in [9.17, 15) is 4.79 Å². The van der Waals surface area contributed by atoms with Crippen molar-refractivity contribution in [1.82, 2.24) is 5.32 Å². The number of thioether (sulfide) groups is 1. The summed E-state index contributed by atoms with van der Waals surface area (Å²) in [4.78, 5) is 13.2. The lowest BCUT2D eigenvalue weighted by Crippen LogP contribution is -2.30. The van der Waals surface area contributed by atoms with E-state index in [4.69, 9.17) is 18.9 Å². The van der Waals surface area contributed by atoms with Gasteiger partial charge in [0, 0.05) is 10.2 Å². The summed E-state index contributed by atoms with van der Waals surface area (Å²) in [7, 11) is 1.59. The molecule has 2 aliphatic heterocycles. The third kappa shape index (κ3) is 5.42. The molecule has 0 aromatic heterocycles. The van der Waals surface area contributed by atoms with Crippen LogP contribution in [0.15, 0.2) is 64.0 Å². The third-order valence-electron chi connectivity index (χ3n) is 5.79. The lowest BCUT2D eigenvalue weighted by atomic mass is 10.1. The molecular weight excluding hydrogens is 544 g/mol. The summed E-state index contributed by atoms with van der Waals surface area (Å²) in [5.74, 6) is 2.47. The molecule has 1 saturated heterocycles. The Kier molecular flexibility index (Phi) is 7.29. The molecule has 5 rings (SSSR count). The first-order chi connectivity index (χ1) is 17.5. The minimum atomic E-state index is -0.249. The topological polar surface area (TPSA) is 78.1 Å². The standard InChI is InChI=1S/C27H25BrN2O5S/c1-3-16-4-7-19(8-5-16)29-27-30-26(31)25(36-27)12-18-11-22(32-2)24(13-20(18)28)33-14-17-6-9-21-23(10-17)35-15-34-21/h4-13,27,29H,3,14-15H2,1-2H3,(H,30,31)/b25-12-/t27-/m1/s1. The van der Waals surface area contributed by atoms with Crippen molar-refractivity contribution in [3.05, 3.63) is 80.7 Å². The number of nitrogens with one attached hydrogen (secondary N) is 2. The molecule has 0 saturated carbocycles. The summed E-state index contributed by atoms with van der Waals surface area (Å²) < 4.78 is 23.2. The number of rotatable bonds is 8. The second kappa shape index (κ2) is 10.8. The molecule has 0 unspecified atom stereocenters. The van der Waals surface area contributed by atoms with Gasteiger partial charge in [0.2, 0.25) is 6.79 Å². The number of ether oxygens (including phenoxy) is 4. The van der Waals surface area contributed by atoms with Crippen molar-refractivity contribution in [2.75, 3.05) is 19.2 Å². The van der Waals surface area contributed by atoms with Crippen LogP contribution in [-0.4, -0.2) is 25.3 Å². The smallest absolute Gasteiger partial charge is 0.260 e. The van der Waals surface area contributed by atoms with Crippen molar-refractivity contribution in [1.29, 1.82) is 0 Å². The maximum atomic E-state index is 12.6. The summed E-state index contributed by atoms with van der Waals surface area (Å²) >= 11 is 5.05. The van der Waals surface area contributed by atoms with Crippen LogP contribution in [0.4, 0.5) is 5.69 Å². The highest BCUT2D eigenvalue weighted by molar-refractivity contribution is 9.10. The molecule has 3 aromatic carbocycles. The van der Waals surface area contributed by atoms with Gasteiger partial charge in [-0.2, -0.15) is 0 Å². The Labute approximate surface area is 222 Å². The van der Waals surface area contributed by atoms with E-state index in [0.29, 0.717) is 28.8 Å². The van der Waals surface area contributed by atoms with Gasteiger partial charge in [0.1, 0.15) is 6.61 Å². The van der Waals surface area contributed by atoms with Crippen LogP contribution in [0.2, 0.25) is 0 Å². The lowest BCUT2D eigenvalue weighted by molar-refractivity contribution is -0.116. The molecule has 1 atom stereocenters. The first-order valence-electron chi connectivity index (χ1n) is 11.5. The summed E-state index contributed by atoms with van der Waals surface area (Å²) in [6, 6.07) is 17.6. The van der Waals surface area contributed by atoms with E-state index in [2.05, 4.69) is 45.6 Å². The van der Waals surface area contributed by atoms with E-state index in [-0.39, 0.29) is 18.2 Å². The number of hydrogen-bond donors (Lipinski definition) is 2. The Morgan fingerprint density at radius 3 is 2.64 bits per heavy atom. The van der Waals surface area contributed by atoms with Gasteiger partial charge in [-0.3, -0.25) is 4.79 Å². The molecule has 2 heterocycles. The molecule has 3 aromatic rings. The fourth-order valence-corrected chi connectivity index (χ4v) is 5.23. The number of anilines is 1. The summed E-state index contributed by atoms with van der Waals surface area (Å²) in [5, 5.41) is 6.32. The molecule has 1 fully saturated rings. The van der Waals surface area contributed by atoms with E-state index in [0.717, 1.165) is 33.5 Å². The lowest BCUT2D eigenvalue weighted by Gasteiger charge is -2.13. The minimum absolute atomic E-state index is 0.128. The number of methoxy groups -OCH3 is 1. The van der Waals surface area contributed by atoms with Crippen molar-refractivity contribution < 1.29 is 23.7 Å². The molecule has 0 bridgehead atoms. The summed E-state index contributed by atoms with van der Waals surface area (Å²) in [6.45, 7) is 2.69. The SMILES string of the molecule is CCc1ccc(N[C@@H]2NC(=O)/C(=C/c3cc(OC)c(OCc4ccc5c(c4)OCO5)cc3Br)S2)cc1. The molecule has 0 spiro atoms. The quantitative estimate of drug-likeness (QED) is 0.326. The highest BCUT2D eigenvalue weighted by Gasteiger charge is 2.27. The van der Waals surface area contributed by atoms with Crippen LogP contribution >= 0.6 is 27.7 Å². The Morgan fingerprint density at radius 2 is 1.86 bits per heavy atom. The first kappa shape index (κ1) is 24.4. The molecule has 2 N–H and O–H groups in total. The largest absolute Gasteiger partial charge is 0.493 e. The number of fused-ring (bicyclic) bond motifs is 1. The second-order valence-corrected chi connectivity index (χ2v) is 10.2. The first-order valence-corrected chi connectivity index (χ1v) is 13.1. The number of hydrogen-bond acceptors (Lipinski definition) is 7. The molecular formula is C27H25BrN2O5S. The van der Waals surface area contributed by atoms with Crippen LogP contribution < -0.4 is 29.6 Å². The summed E-state index contributed by atoms with van der Waals surface area (Å²) in [6.07, 6.45) is 2.83. The number of benzene rings is 3. The number of aryl methyl sites for hydroxylation is 1. The van der Waals surface area contributed by atoms with Gasteiger partial charge < -0.3 is 29.6 Å². The third-order valence-corrected chi connectivity index (χ3v) is 7.51. The predicted octanol–water partition coefficient (Wildman–Crippen LogP) is 5.93. The van der Waals surface area contributed by atoms with Crippen molar-refractivity contribution in [2.24, 2.45) is 0 Å². The van der Waals surface area contributed by atoms with Crippen LogP contribution in [0.5, 0.6) is 23.0 Å². The number of amides is 1. The Bertz CT molecular complexity index is 1310. The van der Waals surface area contributed by atoms with Crippen LogP contribution in [0.1, 0.15) is 23.6 Å². The van der Waals surface area contributed by atoms with Gasteiger partial charge in [-0.05, 0) is 65.6 Å². The van der Waals surface area contributed by atoms with Crippen LogP contribution in [0.25, 0.3) is 6.08 Å². The van der Waals surface area contributed by atoms with Gasteiger partial charge in [-0.1, -0.05) is 52.8 Å². The van der Waals surface area contributed by atoms with Gasteiger partial charge in [0.05, 0.1) is 12.0 Å². The Hall–Kier alpha value is -3.30. The molecule has 0 radical (unpaired) electrons. The average Bonchev–Trinajstić information content (AvgIpc) is 3.50. The molecule has 0 aliphatic carbocycles. The van der Waals surface area contributed by atoms with Crippen molar-refractivity contribution >= 4 is 45.4 Å². The highest BCUT2D eigenvalue weighted by Crippen LogP contribution is 2.38. The molecule has 1 amide bonds. The van der Waals surface area contributed by atoms with Crippen molar-refractivity contribution in [2.45, 2.75) is 25.4 Å². The van der Waals surface area contributed by atoms with Crippen LogP contribution in [0.3, 0.4) is 0 Å². The van der Waals surface area contributed by atoms with Gasteiger partial charge in [-0.15, -0.1) is 0 Å². The molecule has 7 nitrogen and oxygen atoms in total. The fourth-order valence-electron chi connectivity index (χ4n) is 3.82. The Morgan fingerprint density at radius 1 is 1.08 bits per heavy atom. The number of carbonyl (C=O) groups excluding carboxylic acids is 1. The maximum absolute atomic E-state index is 12.6. The zero-order valence-electron chi connectivity index (χ0n) is 19.8. The van der Waals surface area contributed by atoms with Gasteiger partial charge >= 0.3 is 0 Å². The van der Waals surface area contributed by atoms with Gasteiger partial charge in [0.25, 0.3) is 5.91 Å². The minimum Gasteiger partial charge on any atom is -0.493 e. The molecule has 36 heavy (non-hydrogen) atoms. The van der Waals surface area contributed by atoms with Crippen molar-refractivity contribution in [3.63, 3.8) is 0 Å². The summed E-state index contributed by atoms with van der Waals surface area (Å²) in [5.41, 5.74) is 3.74. The molecule has 186 valence electrons. The second-order valence-electron chi connectivity index (χ2n) is 8.18.